The van der Waals surface area contributed by atoms with Gasteiger partial charge >= 0.3 is 6.09 Å². The molecule has 2 aliphatic rings. The molecule has 8 nitrogen and oxygen atoms in total. The average molecular weight is 669 g/mol. The van der Waals surface area contributed by atoms with Crippen molar-refractivity contribution in [3.8, 4) is 11.5 Å². The first-order chi connectivity index (χ1) is 18.4. The predicted octanol–water partition coefficient (Wildman–Crippen LogP) is 7.06. The Labute approximate surface area is 247 Å². The smallest absolute Gasteiger partial charge is 0.416 e. The van der Waals surface area contributed by atoms with E-state index in [9.17, 15) is 9.59 Å². The first-order valence-corrected chi connectivity index (χ1v) is 17.6. The van der Waals surface area contributed by atoms with Crippen molar-refractivity contribution in [2.45, 2.75) is 70.9 Å². The lowest BCUT2D eigenvalue weighted by Gasteiger charge is -2.44. The van der Waals surface area contributed by atoms with Crippen molar-refractivity contribution in [3.05, 3.63) is 54.3 Å². The summed E-state index contributed by atoms with van der Waals surface area (Å²) >= 11 is 2.30. The number of rotatable bonds is 10. The van der Waals surface area contributed by atoms with E-state index in [2.05, 4.69) is 63.0 Å². The number of nitrogens with zero attached hydrogens (tertiary/aromatic N) is 2. The first-order valence-electron chi connectivity index (χ1n) is 13.2. The Hall–Kier alpha value is -2.31. The molecular weight excluding hydrogens is 627 g/mol. The van der Waals surface area contributed by atoms with Gasteiger partial charge in [0.2, 0.25) is 0 Å². The van der Waals surface area contributed by atoms with Crippen LogP contribution in [0.4, 0.5) is 10.5 Å². The van der Waals surface area contributed by atoms with Gasteiger partial charge in [0.15, 0.2) is 26.0 Å². The Kier molecular flexibility index (Phi) is 10.3. The van der Waals surface area contributed by atoms with Crippen molar-refractivity contribution in [1.29, 1.82) is 0 Å². The number of methoxy groups -OCH3 is 1. The molecule has 0 spiro atoms. The minimum atomic E-state index is -2.44. The maximum absolute atomic E-state index is 14.1. The van der Waals surface area contributed by atoms with Gasteiger partial charge in [-0.2, -0.15) is 0 Å². The van der Waals surface area contributed by atoms with Gasteiger partial charge in [-0.05, 0) is 49.5 Å². The summed E-state index contributed by atoms with van der Waals surface area (Å²) in [5.74, 6) is 0.635. The van der Waals surface area contributed by atoms with Crippen LogP contribution in [0.1, 0.15) is 50.9 Å². The number of halogens is 1. The molecule has 2 amide bonds. The maximum Gasteiger partial charge on any atom is 0.416 e. The summed E-state index contributed by atoms with van der Waals surface area (Å²) in [6, 6.07) is 2.91. The highest BCUT2D eigenvalue weighted by molar-refractivity contribution is 14.1. The molecule has 0 N–H and O–H groups in total. The zero-order chi connectivity index (χ0) is 29.0. The van der Waals surface area contributed by atoms with Gasteiger partial charge in [-0.15, -0.1) is 0 Å². The van der Waals surface area contributed by atoms with Crippen LogP contribution in [-0.4, -0.2) is 62.2 Å². The average Bonchev–Trinajstić information content (AvgIpc) is 3.26. The molecule has 39 heavy (non-hydrogen) atoms. The third kappa shape index (κ3) is 6.71. The molecule has 214 valence electrons. The molecule has 0 saturated carbocycles. The summed E-state index contributed by atoms with van der Waals surface area (Å²) in [5.41, 5.74) is 1.67. The number of hydrogen-bond acceptors (Lipinski definition) is 6. The van der Waals surface area contributed by atoms with Crippen LogP contribution in [0.2, 0.25) is 18.1 Å². The van der Waals surface area contributed by atoms with Crippen LogP contribution in [-0.2, 0) is 9.16 Å². The third-order valence-corrected chi connectivity index (χ3v) is 12.6. The Morgan fingerprint density at radius 3 is 2.56 bits per heavy atom. The second-order valence-electron chi connectivity index (χ2n) is 11.1. The molecule has 0 aliphatic carbocycles. The molecule has 2 aliphatic heterocycles. The summed E-state index contributed by atoms with van der Waals surface area (Å²) in [7, 11) is -0.902. The molecule has 10 heteroatoms. The Morgan fingerprint density at radius 1 is 1.26 bits per heavy atom. The van der Waals surface area contributed by atoms with E-state index < -0.39 is 26.7 Å². The molecule has 0 bridgehead atoms. The van der Waals surface area contributed by atoms with Crippen LogP contribution < -0.4 is 14.4 Å². The molecule has 1 aromatic carbocycles. The molecular formula is C29H41IN2O6Si. The van der Waals surface area contributed by atoms with Crippen LogP contribution in [0.25, 0.3) is 0 Å². The number of hydrogen-bond donors (Lipinski definition) is 0. The number of benzene rings is 1. The van der Waals surface area contributed by atoms with Crippen molar-refractivity contribution in [3.63, 3.8) is 0 Å². The van der Waals surface area contributed by atoms with E-state index in [1.165, 1.54) is 18.1 Å². The molecule has 0 aromatic heterocycles. The lowest BCUT2D eigenvalue weighted by molar-refractivity contribution is 0.0589. The second kappa shape index (κ2) is 12.9. The minimum absolute atomic E-state index is 0.0249. The van der Waals surface area contributed by atoms with Crippen molar-refractivity contribution >= 4 is 48.6 Å². The minimum Gasteiger partial charge on any atom is -0.493 e. The van der Waals surface area contributed by atoms with Crippen LogP contribution in [0.3, 0.4) is 0 Å². The normalized spacial score (nSPS) is 19.4. The highest BCUT2D eigenvalue weighted by Gasteiger charge is 2.50. The van der Waals surface area contributed by atoms with Gasteiger partial charge in [0.1, 0.15) is 6.61 Å². The van der Waals surface area contributed by atoms with E-state index in [0.717, 1.165) is 16.4 Å². The number of anilines is 1. The van der Waals surface area contributed by atoms with Crippen molar-refractivity contribution in [1.82, 2.24) is 4.90 Å². The van der Waals surface area contributed by atoms with E-state index >= 15 is 0 Å². The largest absolute Gasteiger partial charge is 0.493 e. The van der Waals surface area contributed by atoms with Crippen LogP contribution in [0, 0.1) is 0 Å². The van der Waals surface area contributed by atoms with Gasteiger partial charge in [0.25, 0.3) is 5.91 Å². The van der Waals surface area contributed by atoms with E-state index in [1.807, 2.05) is 25.3 Å². The quantitative estimate of drug-likeness (QED) is 0.0874. The molecule has 0 radical (unpaired) electrons. The maximum atomic E-state index is 14.1. The number of ether oxygens (including phenoxy) is 3. The van der Waals surface area contributed by atoms with E-state index in [-0.39, 0.29) is 17.6 Å². The summed E-state index contributed by atoms with van der Waals surface area (Å²) in [5, 5.41) is -0.139. The number of fused-ring (bicyclic) bond motifs is 2. The van der Waals surface area contributed by atoms with Gasteiger partial charge in [-0.3, -0.25) is 4.79 Å². The topological polar surface area (TPSA) is 77.5 Å². The van der Waals surface area contributed by atoms with E-state index in [1.54, 1.807) is 17.0 Å². The monoisotopic (exact) mass is 668 g/mol. The van der Waals surface area contributed by atoms with Crippen molar-refractivity contribution in [2.75, 3.05) is 29.7 Å². The molecule has 2 heterocycles. The van der Waals surface area contributed by atoms with Crippen LogP contribution >= 0.6 is 22.6 Å². The van der Waals surface area contributed by atoms with Gasteiger partial charge < -0.3 is 23.5 Å². The van der Waals surface area contributed by atoms with Gasteiger partial charge in [-0.25, -0.2) is 9.69 Å². The highest BCUT2D eigenvalue weighted by atomic mass is 127. The fourth-order valence-corrected chi connectivity index (χ4v) is 5.86. The third-order valence-electron chi connectivity index (χ3n) is 7.36. The molecule has 2 atom stereocenters. The highest BCUT2D eigenvalue weighted by Crippen LogP contribution is 2.45. The fourth-order valence-electron chi connectivity index (χ4n) is 4.33. The number of carbonyl (C=O) groups is 2. The zero-order valence-corrected chi connectivity index (χ0v) is 27.2. The summed E-state index contributed by atoms with van der Waals surface area (Å²) < 4.78 is 25.2. The van der Waals surface area contributed by atoms with Gasteiger partial charge in [-0.1, -0.05) is 68.2 Å². The summed E-state index contributed by atoms with van der Waals surface area (Å²) in [6.07, 6.45) is 7.28. The second-order valence-corrected chi connectivity index (χ2v) is 16.9. The van der Waals surface area contributed by atoms with Gasteiger partial charge in [0.05, 0.1) is 31.0 Å². The van der Waals surface area contributed by atoms with Crippen LogP contribution in [0.5, 0.6) is 11.5 Å². The summed E-state index contributed by atoms with van der Waals surface area (Å²) in [4.78, 5) is 31.1. The molecule has 0 saturated heterocycles. The SMILES string of the molecule is C=CCOC(=O)N1c2cc(OCCCI)c(OC)cc2C(=O)N2C=C(/C=C/C)C[C@H]2C1O[Si](C)(C)C(C)(C)C. The molecule has 3 rings (SSSR count). The van der Waals surface area contributed by atoms with E-state index in [0.29, 0.717) is 35.8 Å². The lowest BCUT2D eigenvalue weighted by Crippen LogP contribution is -2.57. The lowest BCUT2D eigenvalue weighted by atomic mass is 10.1. The van der Waals surface area contributed by atoms with Gasteiger partial charge in [0, 0.05) is 16.7 Å². The van der Waals surface area contributed by atoms with E-state index in [4.69, 9.17) is 18.6 Å². The van der Waals surface area contributed by atoms with Crippen molar-refractivity contribution < 1.29 is 28.2 Å². The predicted molar refractivity (Wildman–Crippen MR) is 166 cm³/mol. The Bertz CT molecular complexity index is 1140. The van der Waals surface area contributed by atoms with Crippen LogP contribution in [0.15, 0.2) is 48.7 Å². The molecule has 1 unspecified atom stereocenters. The number of alkyl halides is 1. The molecule has 0 fully saturated rings. The zero-order valence-electron chi connectivity index (χ0n) is 24.1. The number of allylic oxidation sites excluding steroid dienone is 2. The Balaban J connectivity index is 2.28. The fraction of sp³-hybridized carbons (Fsp3) is 0.517. The number of amides is 2. The standard InChI is InChI=1S/C29H41IN2O6Si/c1-9-12-20-16-23-27(38-39(7,8)29(3,4)5)32(28(34)37-14-10-2)22-18-25(36-15-11-13-30)24(35-6)17-21(22)26(33)31(23)19-20/h9-10,12,17-19,23,27H,2,11,13-16H2,1,3-8H3/b12-9+/t23-,27?/m0/s1. The first kappa shape index (κ1) is 31.2. The Morgan fingerprint density at radius 2 is 1.97 bits per heavy atom. The number of carbonyl (C=O) groups excluding carboxylic acids is 2. The summed E-state index contributed by atoms with van der Waals surface area (Å²) in [6.45, 7) is 16.8. The van der Waals surface area contributed by atoms with Crippen molar-refractivity contribution in [2.24, 2.45) is 0 Å². The molecule has 1 aromatic rings.